The van der Waals surface area contributed by atoms with E-state index >= 15 is 0 Å². The number of tetrazole rings is 1. The zero-order valence-electron chi connectivity index (χ0n) is 17.8. The third-order valence-corrected chi connectivity index (χ3v) is 4.98. The molecule has 0 aliphatic heterocycles. The molecule has 0 radical (unpaired) electrons. The minimum absolute atomic E-state index is 0.259. The van der Waals surface area contributed by atoms with Gasteiger partial charge in [-0.1, -0.05) is 65.9 Å². The summed E-state index contributed by atoms with van der Waals surface area (Å²) in [4.78, 5) is 4.66. The van der Waals surface area contributed by atoms with Crippen molar-refractivity contribution >= 4 is 23.1 Å². The second-order valence-corrected chi connectivity index (χ2v) is 7.38. The third kappa shape index (κ3) is 5.40. The van der Waals surface area contributed by atoms with Gasteiger partial charge in [0, 0.05) is 5.39 Å². The Morgan fingerprint density at radius 2 is 1.45 bits per heavy atom. The van der Waals surface area contributed by atoms with E-state index in [0.717, 1.165) is 39.2 Å². The van der Waals surface area contributed by atoms with Gasteiger partial charge in [-0.3, -0.25) is 0 Å². The summed E-state index contributed by atoms with van der Waals surface area (Å²) in [5, 5.41) is 14.8. The Labute approximate surface area is 190 Å². The fraction of sp³-hybridized carbons (Fsp3) is 0.0769. The average Bonchev–Trinajstić information content (AvgIpc) is 3.39. The predicted molar refractivity (Wildman–Crippen MR) is 126 cm³/mol. The number of pyridine rings is 1. The lowest BCUT2D eigenvalue weighted by molar-refractivity contribution is 0.296. The monoisotopic (exact) mass is 435 g/mol. The van der Waals surface area contributed by atoms with E-state index in [1.807, 2.05) is 84.9 Å². The third-order valence-electron chi connectivity index (χ3n) is 4.98. The van der Waals surface area contributed by atoms with E-state index in [2.05, 4.69) is 37.7 Å². The van der Waals surface area contributed by atoms with Crippen LogP contribution in [0.5, 0.6) is 11.5 Å². The molecular weight excluding hydrogens is 414 g/mol. The van der Waals surface area contributed by atoms with Gasteiger partial charge in [0.1, 0.15) is 18.1 Å². The van der Waals surface area contributed by atoms with E-state index in [9.17, 15) is 0 Å². The van der Waals surface area contributed by atoms with Crippen LogP contribution >= 0.6 is 0 Å². The molecule has 0 spiro atoms. The second kappa shape index (κ2) is 9.74. The molecule has 0 amide bonds. The Balaban J connectivity index is 1.22. The molecule has 0 saturated carbocycles. The number of para-hydroxylation sites is 1. The SMILES string of the molecule is C(=Cc1cccc(OCc2nn[nH]n2)c1)c1cccc(OCc2ccc3ccccc3n2)c1. The molecule has 0 aliphatic rings. The highest BCUT2D eigenvalue weighted by atomic mass is 16.5. The average molecular weight is 435 g/mol. The predicted octanol–water partition coefficient (Wildman–Crippen LogP) is 5.08. The molecule has 0 atom stereocenters. The Bertz CT molecular complexity index is 1380. The lowest BCUT2D eigenvalue weighted by Gasteiger charge is -2.07. The van der Waals surface area contributed by atoms with Gasteiger partial charge in [-0.15, -0.1) is 10.2 Å². The molecule has 0 bridgehead atoms. The number of aromatic nitrogens is 5. The molecule has 0 unspecified atom stereocenters. The first-order valence-electron chi connectivity index (χ1n) is 10.5. The highest BCUT2D eigenvalue weighted by molar-refractivity contribution is 5.78. The summed E-state index contributed by atoms with van der Waals surface area (Å²) < 4.78 is 11.7. The number of hydrogen-bond donors (Lipinski definition) is 1. The number of aromatic amines is 1. The summed E-state index contributed by atoms with van der Waals surface area (Å²) in [6, 6.07) is 27.9. The highest BCUT2D eigenvalue weighted by Gasteiger charge is 2.02. The van der Waals surface area contributed by atoms with Crippen LogP contribution in [0.4, 0.5) is 0 Å². The maximum Gasteiger partial charge on any atom is 0.211 e. The van der Waals surface area contributed by atoms with Crippen LogP contribution in [-0.4, -0.2) is 25.6 Å². The van der Waals surface area contributed by atoms with Crippen molar-refractivity contribution < 1.29 is 9.47 Å². The number of H-pyrrole nitrogens is 1. The molecule has 7 heteroatoms. The number of rotatable bonds is 8. The van der Waals surface area contributed by atoms with Crippen LogP contribution in [0.15, 0.2) is 84.9 Å². The van der Waals surface area contributed by atoms with Crippen molar-refractivity contribution in [3.05, 3.63) is 108 Å². The quantitative estimate of drug-likeness (QED) is 0.342. The molecule has 0 saturated heterocycles. The minimum Gasteiger partial charge on any atom is -0.487 e. The molecule has 5 aromatic rings. The Morgan fingerprint density at radius 3 is 2.18 bits per heavy atom. The molecule has 1 N–H and O–H groups in total. The van der Waals surface area contributed by atoms with E-state index < -0.39 is 0 Å². The summed E-state index contributed by atoms with van der Waals surface area (Å²) in [6.07, 6.45) is 4.07. The number of benzene rings is 3. The van der Waals surface area contributed by atoms with E-state index in [4.69, 9.17) is 9.47 Å². The fourth-order valence-electron chi connectivity index (χ4n) is 3.35. The molecule has 162 valence electrons. The number of ether oxygens (including phenoxy) is 2. The maximum absolute atomic E-state index is 5.98. The number of fused-ring (bicyclic) bond motifs is 1. The minimum atomic E-state index is 0.259. The van der Waals surface area contributed by atoms with Gasteiger partial charge in [0.2, 0.25) is 5.82 Å². The highest BCUT2D eigenvalue weighted by Crippen LogP contribution is 2.20. The largest absolute Gasteiger partial charge is 0.487 e. The van der Waals surface area contributed by atoms with Crippen LogP contribution in [0, 0.1) is 0 Å². The topological polar surface area (TPSA) is 85.8 Å². The first kappa shape index (κ1) is 20.4. The van der Waals surface area contributed by atoms with Gasteiger partial charge >= 0.3 is 0 Å². The Kier molecular flexibility index (Phi) is 6.02. The summed E-state index contributed by atoms with van der Waals surface area (Å²) in [5.74, 6) is 2.04. The van der Waals surface area contributed by atoms with Gasteiger partial charge in [-0.05, 0) is 47.5 Å². The summed E-state index contributed by atoms with van der Waals surface area (Å²) in [7, 11) is 0. The van der Waals surface area contributed by atoms with Crippen molar-refractivity contribution in [2.75, 3.05) is 0 Å². The van der Waals surface area contributed by atoms with E-state index in [1.165, 1.54) is 0 Å². The molecular formula is C26H21N5O2. The van der Waals surface area contributed by atoms with Crippen LogP contribution in [-0.2, 0) is 13.2 Å². The smallest absolute Gasteiger partial charge is 0.211 e. The second-order valence-electron chi connectivity index (χ2n) is 7.38. The van der Waals surface area contributed by atoms with Gasteiger partial charge in [0.15, 0.2) is 6.61 Å². The van der Waals surface area contributed by atoms with Crippen LogP contribution in [0.3, 0.4) is 0 Å². The zero-order chi connectivity index (χ0) is 22.3. The lowest BCUT2D eigenvalue weighted by atomic mass is 10.1. The maximum atomic E-state index is 5.98. The number of hydrogen-bond acceptors (Lipinski definition) is 6. The van der Waals surface area contributed by atoms with E-state index in [-0.39, 0.29) is 6.61 Å². The zero-order valence-corrected chi connectivity index (χ0v) is 17.8. The molecule has 5 rings (SSSR count). The first-order chi connectivity index (χ1) is 16.3. The van der Waals surface area contributed by atoms with Crippen molar-refractivity contribution in [3.8, 4) is 11.5 Å². The van der Waals surface area contributed by atoms with Crippen LogP contribution in [0.2, 0.25) is 0 Å². The molecule has 3 aromatic carbocycles. The fourth-order valence-corrected chi connectivity index (χ4v) is 3.35. The standard InChI is InChI=1S/C26H21N5O2/c1-2-10-25-21(7-1)13-14-22(27-25)17-32-23-8-3-5-19(15-23)11-12-20-6-4-9-24(16-20)33-18-26-28-30-31-29-26/h1-16H,17-18H2,(H,28,29,30,31). The number of nitrogens with one attached hydrogen (secondary N) is 1. The molecule has 2 heterocycles. The van der Waals surface area contributed by atoms with Gasteiger partial charge in [0.05, 0.1) is 11.2 Å². The molecule has 2 aromatic heterocycles. The van der Waals surface area contributed by atoms with Crippen molar-refractivity contribution in [3.63, 3.8) is 0 Å². The van der Waals surface area contributed by atoms with E-state index in [0.29, 0.717) is 12.4 Å². The van der Waals surface area contributed by atoms with Crippen LogP contribution in [0.25, 0.3) is 23.1 Å². The summed E-state index contributed by atoms with van der Waals surface area (Å²) in [5.41, 5.74) is 3.93. The summed E-state index contributed by atoms with van der Waals surface area (Å²) >= 11 is 0. The molecule has 0 aliphatic carbocycles. The Hall–Kier alpha value is -4.52. The first-order valence-corrected chi connectivity index (χ1v) is 10.5. The lowest BCUT2D eigenvalue weighted by Crippen LogP contribution is -1.98. The molecule has 7 nitrogen and oxygen atoms in total. The van der Waals surface area contributed by atoms with Crippen molar-refractivity contribution in [1.29, 1.82) is 0 Å². The Morgan fingerprint density at radius 1 is 0.727 bits per heavy atom. The van der Waals surface area contributed by atoms with Gasteiger partial charge in [0.25, 0.3) is 0 Å². The molecule has 33 heavy (non-hydrogen) atoms. The van der Waals surface area contributed by atoms with Crippen molar-refractivity contribution in [2.45, 2.75) is 13.2 Å². The normalized spacial score (nSPS) is 11.2. The number of nitrogens with zero attached hydrogens (tertiary/aromatic N) is 4. The van der Waals surface area contributed by atoms with Crippen molar-refractivity contribution in [1.82, 2.24) is 25.6 Å². The van der Waals surface area contributed by atoms with E-state index in [1.54, 1.807) is 0 Å². The summed E-state index contributed by atoms with van der Waals surface area (Å²) in [6.45, 7) is 0.673. The van der Waals surface area contributed by atoms with Gasteiger partial charge < -0.3 is 9.47 Å². The van der Waals surface area contributed by atoms with Crippen LogP contribution < -0.4 is 9.47 Å². The van der Waals surface area contributed by atoms with Crippen molar-refractivity contribution in [2.24, 2.45) is 0 Å². The molecule has 0 fully saturated rings. The van der Waals surface area contributed by atoms with Gasteiger partial charge in [-0.2, -0.15) is 5.21 Å². The van der Waals surface area contributed by atoms with Crippen LogP contribution in [0.1, 0.15) is 22.6 Å². The van der Waals surface area contributed by atoms with Gasteiger partial charge in [-0.25, -0.2) is 4.98 Å².